The summed E-state index contributed by atoms with van der Waals surface area (Å²) < 4.78 is 23.4. The van der Waals surface area contributed by atoms with Gasteiger partial charge in [-0.05, 0) is 22.4 Å². The van der Waals surface area contributed by atoms with E-state index in [0.29, 0.717) is 21.7 Å². The van der Waals surface area contributed by atoms with Crippen LogP contribution >= 0.6 is 11.6 Å². The van der Waals surface area contributed by atoms with Crippen LogP contribution in [0, 0.1) is 0 Å². The van der Waals surface area contributed by atoms with E-state index in [1.54, 1.807) is 44.4 Å². The van der Waals surface area contributed by atoms with E-state index in [2.05, 4.69) is 15.3 Å². The molecule has 1 atom stereocenters. The molecule has 1 aromatic carbocycles. The van der Waals surface area contributed by atoms with Crippen molar-refractivity contribution in [1.82, 2.24) is 14.3 Å². The Bertz CT molecular complexity index is 665. The second-order valence-electron chi connectivity index (χ2n) is 4.16. The minimum atomic E-state index is -3.22. The highest BCUT2D eigenvalue weighted by Gasteiger charge is 2.32. The van der Waals surface area contributed by atoms with Gasteiger partial charge in [0.25, 0.3) is 0 Å². The summed E-state index contributed by atoms with van der Waals surface area (Å²) in [5.74, 6) is 0.323. The molecule has 0 amide bonds. The quantitative estimate of drug-likeness (QED) is 0.670. The topological polar surface area (TPSA) is 78.4 Å². The molecule has 0 saturated heterocycles. The summed E-state index contributed by atoms with van der Waals surface area (Å²) in [7, 11) is -0.135. The molecule has 0 aliphatic rings. The Hall–Kier alpha value is -1.54. The maximum atomic E-state index is 12.1. The zero-order chi connectivity index (χ0) is 14.8. The summed E-state index contributed by atoms with van der Waals surface area (Å²) in [4.78, 5) is 8.31. The molecule has 8 heteroatoms. The summed E-state index contributed by atoms with van der Waals surface area (Å²) in [6, 6.07) is 8.16. The number of nitrogens with one attached hydrogen (secondary N) is 1. The molecular formula is C12H14ClN4O2S+. The van der Waals surface area contributed by atoms with Gasteiger partial charge in [0, 0.05) is 32.0 Å². The molecule has 1 aromatic heterocycles. The van der Waals surface area contributed by atoms with Crippen LogP contribution < -0.4 is 5.32 Å². The Morgan fingerprint density at radius 2 is 2.10 bits per heavy atom. The number of anilines is 2. The van der Waals surface area contributed by atoms with Crippen LogP contribution in [0.15, 0.2) is 41.4 Å². The second-order valence-corrected chi connectivity index (χ2v) is 6.75. The van der Waals surface area contributed by atoms with Gasteiger partial charge >= 0.3 is 10.4 Å². The monoisotopic (exact) mass is 313 g/mol. The minimum Gasteiger partial charge on any atom is -0.324 e. The fourth-order valence-electron chi connectivity index (χ4n) is 1.48. The van der Waals surface area contributed by atoms with E-state index in [1.807, 2.05) is 0 Å². The zero-order valence-electron chi connectivity index (χ0n) is 10.9. The van der Waals surface area contributed by atoms with Crippen LogP contribution in [0.1, 0.15) is 0 Å². The molecule has 0 aliphatic heterocycles. The maximum absolute atomic E-state index is 12.1. The number of benzene rings is 1. The van der Waals surface area contributed by atoms with Crippen molar-refractivity contribution in [3.63, 3.8) is 0 Å². The van der Waals surface area contributed by atoms with Crippen molar-refractivity contribution in [2.24, 2.45) is 0 Å². The molecule has 2 aromatic rings. The van der Waals surface area contributed by atoms with Gasteiger partial charge in [0.05, 0.1) is 0 Å². The van der Waals surface area contributed by atoms with Crippen molar-refractivity contribution in [2.75, 3.05) is 19.4 Å². The molecule has 6 nitrogen and oxygen atoms in total. The van der Waals surface area contributed by atoms with Gasteiger partial charge in [-0.25, -0.2) is 9.97 Å². The van der Waals surface area contributed by atoms with Gasteiger partial charge in [-0.2, -0.15) is 4.55 Å². The van der Waals surface area contributed by atoms with Gasteiger partial charge in [-0.15, -0.1) is 0 Å². The molecular weight excluding hydrogens is 300 g/mol. The van der Waals surface area contributed by atoms with Gasteiger partial charge < -0.3 is 5.32 Å². The Balaban J connectivity index is 2.29. The van der Waals surface area contributed by atoms with Crippen molar-refractivity contribution in [3.8, 4) is 0 Å². The molecule has 1 unspecified atom stereocenters. The molecule has 2 rings (SSSR count). The molecule has 106 valence electrons. The van der Waals surface area contributed by atoms with Crippen LogP contribution in [0.3, 0.4) is 0 Å². The summed E-state index contributed by atoms with van der Waals surface area (Å²) in [6.07, 6.45) is 1.52. The average Bonchev–Trinajstić information content (AvgIpc) is 2.39. The lowest BCUT2D eigenvalue weighted by Crippen LogP contribution is -2.28. The summed E-state index contributed by atoms with van der Waals surface area (Å²) in [5.41, 5.74) is 0.605. The molecule has 0 fully saturated rings. The number of hydrogen-bond acceptors (Lipinski definition) is 4. The average molecular weight is 314 g/mol. The highest BCUT2D eigenvalue weighted by Crippen LogP contribution is 2.23. The van der Waals surface area contributed by atoms with Crippen molar-refractivity contribution < 1.29 is 8.76 Å². The standard InChI is InChI=1S/C12H13ClN4O2S/c1-17(2)20(18,19)10-5-3-4-9(8-10)15-12-14-7-6-11(13)16-12/h3-8H,1-2H3,(H-,14,15,16,18,19)/p+1. The maximum Gasteiger partial charge on any atom is 0.325 e. The lowest BCUT2D eigenvalue weighted by molar-refractivity contribution is 0.434. The van der Waals surface area contributed by atoms with Crippen LogP contribution in [0.2, 0.25) is 5.15 Å². The van der Waals surface area contributed by atoms with Crippen molar-refractivity contribution in [2.45, 2.75) is 4.90 Å². The Labute approximate surface area is 123 Å². The van der Waals surface area contributed by atoms with Crippen LogP contribution in [-0.4, -0.2) is 32.9 Å². The van der Waals surface area contributed by atoms with Gasteiger partial charge in [0.15, 0.2) is 0 Å². The number of nitrogens with zero attached hydrogens (tertiary/aromatic N) is 3. The van der Waals surface area contributed by atoms with Crippen molar-refractivity contribution in [1.29, 1.82) is 0 Å². The molecule has 0 aliphatic carbocycles. The molecule has 0 saturated carbocycles. The fraction of sp³-hybridized carbons (Fsp3) is 0.167. The van der Waals surface area contributed by atoms with E-state index in [1.165, 1.54) is 10.5 Å². The van der Waals surface area contributed by atoms with E-state index in [4.69, 9.17) is 11.6 Å². The highest BCUT2D eigenvalue weighted by molar-refractivity contribution is 7.95. The van der Waals surface area contributed by atoms with E-state index in [9.17, 15) is 8.76 Å². The highest BCUT2D eigenvalue weighted by atomic mass is 35.5. The molecule has 0 bridgehead atoms. The molecule has 0 radical (unpaired) electrons. The van der Waals surface area contributed by atoms with E-state index in [-0.39, 0.29) is 0 Å². The molecule has 0 spiro atoms. The minimum absolute atomic E-state index is 0.300. The van der Waals surface area contributed by atoms with Gasteiger partial charge in [0.2, 0.25) is 10.8 Å². The van der Waals surface area contributed by atoms with Crippen LogP contribution in [0.4, 0.5) is 11.6 Å². The third-order valence-corrected chi connectivity index (χ3v) is 4.58. The largest absolute Gasteiger partial charge is 0.325 e. The first-order valence-electron chi connectivity index (χ1n) is 5.69. The zero-order valence-corrected chi connectivity index (χ0v) is 12.5. The molecule has 2 N–H and O–H groups in total. The predicted octanol–water partition coefficient (Wildman–Crippen LogP) is 2.68. The van der Waals surface area contributed by atoms with E-state index in [0.717, 1.165) is 0 Å². The number of halogens is 1. The third-order valence-electron chi connectivity index (χ3n) is 2.51. The van der Waals surface area contributed by atoms with E-state index < -0.39 is 10.4 Å². The normalized spacial score (nSPS) is 14.1. The number of aromatic nitrogens is 2. The lowest BCUT2D eigenvalue weighted by atomic mass is 10.3. The first kappa shape index (κ1) is 14.9. The smallest absolute Gasteiger partial charge is 0.324 e. The summed E-state index contributed by atoms with van der Waals surface area (Å²) in [5, 5.41) is 3.25. The SMILES string of the molecule is CN(C)[S+](=O)(O)c1cccc(Nc2nccc(Cl)n2)c1. The first-order chi connectivity index (χ1) is 9.39. The summed E-state index contributed by atoms with van der Waals surface area (Å²) in [6.45, 7) is 0. The lowest BCUT2D eigenvalue weighted by Gasteiger charge is -2.11. The van der Waals surface area contributed by atoms with E-state index >= 15 is 0 Å². The Kier molecular flexibility index (Phi) is 4.34. The van der Waals surface area contributed by atoms with Crippen molar-refractivity contribution >= 4 is 33.6 Å². The first-order valence-corrected chi connectivity index (χ1v) is 7.54. The molecule has 20 heavy (non-hydrogen) atoms. The van der Waals surface area contributed by atoms with Crippen molar-refractivity contribution in [3.05, 3.63) is 41.7 Å². The Morgan fingerprint density at radius 1 is 1.35 bits per heavy atom. The van der Waals surface area contributed by atoms with Gasteiger partial charge in [-0.3, -0.25) is 0 Å². The number of rotatable bonds is 4. The van der Waals surface area contributed by atoms with Crippen LogP contribution in [0.5, 0.6) is 0 Å². The summed E-state index contributed by atoms with van der Waals surface area (Å²) >= 11 is 5.77. The molecule has 1 heterocycles. The predicted molar refractivity (Wildman–Crippen MR) is 79.4 cm³/mol. The van der Waals surface area contributed by atoms with Gasteiger partial charge in [0.1, 0.15) is 5.15 Å². The number of hydrogen-bond donors (Lipinski definition) is 2. The van der Waals surface area contributed by atoms with Gasteiger partial charge in [-0.1, -0.05) is 22.0 Å². The van der Waals surface area contributed by atoms with Crippen LogP contribution in [-0.2, 0) is 14.6 Å². The third kappa shape index (κ3) is 3.31. The second kappa shape index (κ2) is 5.84. The fourth-order valence-corrected chi connectivity index (χ4v) is 2.57. The van der Waals surface area contributed by atoms with Crippen LogP contribution in [0.25, 0.3) is 0 Å². The Morgan fingerprint density at radius 3 is 2.75 bits per heavy atom.